The molecule has 1 heterocycles. The Labute approximate surface area is 116 Å². The molecule has 1 fully saturated rings. The first kappa shape index (κ1) is 12.3. The van der Waals surface area contributed by atoms with Crippen LogP contribution in [0.1, 0.15) is 6.42 Å². The summed E-state index contributed by atoms with van der Waals surface area (Å²) in [5, 5.41) is 3.03. The molecule has 4 heteroatoms. The van der Waals surface area contributed by atoms with Gasteiger partial charge in [0.2, 0.25) is 5.91 Å². The van der Waals surface area contributed by atoms with E-state index in [1.807, 2.05) is 18.2 Å². The average molecular weight is 275 g/mol. The van der Waals surface area contributed by atoms with E-state index in [4.69, 9.17) is 17.3 Å². The van der Waals surface area contributed by atoms with Crippen molar-refractivity contribution in [3.05, 3.63) is 41.4 Å². The second-order valence-electron chi connectivity index (χ2n) is 5.01. The van der Waals surface area contributed by atoms with Crippen molar-refractivity contribution in [2.75, 3.05) is 18.0 Å². The summed E-state index contributed by atoms with van der Waals surface area (Å²) in [5.74, 6) is -0.226. The molecule has 1 aliphatic heterocycles. The Balaban J connectivity index is 1.90. The number of halogens is 1. The Kier molecular flexibility index (Phi) is 3.07. The molecule has 2 aromatic rings. The Morgan fingerprint density at radius 3 is 2.68 bits per heavy atom. The van der Waals surface area contributed by atoms with E-state index >= 15 is 0 Å². The quantitative estimate of drug-likeness (QED) is 0.915. The second-order valence-corrected chi connectivity index (χ2v) is 5.45. The third kappa shape index (κ3) is 2.38. The number of anilines is 1. The van der Waals surface area contributed by atoms with Gasteiger partial charge in [-0.1, -0.05) is 23.7 Å². The highest BCUT2D eigenvalue weighted by atomic mass is 35.5. The number of primary amides is 1. The van der Waals surface area contributed by atoms with E-state index in [1.54, 1.807) is 0 Å². The Morgan fingerprint density at radius 2 is 1.95 bits per heavy atom. The zero-order chi connectivity index (χ0) is 13.4. The first-order chi connectivity index (χ1) is 9.13. The van der Waals surface area contributed by atoms with Gasteiger partial charge in [0.05, 0.1) is 5.92 Å². The Bertz CT molecular complexity index is 641. The zero-order valence-electron chi connectivity index (χ0n) is 10.5. The van der Waals surface area contributed by atoms with Gasteiger partial charge in [-0.15, -0.1) is 0 Å². The Morgan fingerprint density at radius 1 is 1.21 bits per heavy atom. The molecular formula is C15H15ClN2O. The standard InChI is InChI=1S/C15H15ClN2O/c16-13-3-1-11-8-14(4-2-10(11)7-13)18-6-5-12(9-18)15(17)19/h1-4,7-8,12H,5-6,9H2,(H2,17,19)/t12-/m1/s1. The third-order valence-electron chi connectivity index (χ3n) is 3.74. The monoisotopic (exact) mass is 274 g/mol. The number of nitrogens with two attached hydrogens (primary N) is 1. The number of hydrogen-bond acceptors (Lipinski definition) is 2. The van der Waals surface area contributed by atoms with E-state index in [0.717, 1.165) is 34.4 Å². The molecule has 3 nitrogen and oxygen atoms in total. The maximum atomic E-state index is 11.2. The number of carbonyl (C=O) groups is 1. The molecule has 0 radical (unpaired) electrons. The SMILES string of the molecule is NC(=O)[C@@H]1CCN(c2ccc3cc(Cl)ccc3c2)C1. The smallest absolute Gasteiger partial charge is 0.222 e. The number of benzene rings is 2. The second kappa shape index (κ2) is 4.74. The van der Waals surface area contributed by atoms with Gasteiger partial charge in [-0.2, -0.15) is 0 Å². The average Bonchev–Trinajstić information content (AvgIpc) is 2.88. The first-order valence-electron chi connectivity index (χ1n) is 6.37. The van der Waals surface area contributed by atoms with Crippen LogP contribution in [0.4, 0.5) is 5.69 Å². The van der Waals surface area contributed by atoms with E-state index in [2.05, 4.69) is 23.1 Å². The van der Waals surface area contributed by atoms with Crippen molar-refractivity contribution < 1.29 is 4.79 Å². The third-order valence-corrected chi connectivity index (χ3v) is 3.98. The molecule has 1 amide bonds. The lowest BCUT2D eigenvalue weighted by molar-refractivity contribution is -0.121. The zero-order valence-corrected chi connectivity index (χ0v) is 11.2. The van der Waals surface area contributed by atoms with Gasteiger partial charge < -0.3 is 10.6 Å². The van der Waals surface area contributed by atoms with E-state index in [-0.39, 0.29) is 11.8 Å². The van der Waals surface area contributed by atoms with Crippen molar-refractivity contribution in [3.63, 3.8) is 0 Å². The highest BCUT2D eigenvalue weighted by Crippen LogP contribution is 2.28. The molecule has 3 rings (SSSR count). The van der Waals surface area contributed by atoms with Crippen LogP contribution in [0.3, 0.4) is 0 Å². The summed E-state index contributed by atoms with van der Waals surface area (Å²) < 4.78 is 0. The topological polar surface area (TPSA) is 46.3 Å². The Hall–Kier alpha value is -1.74. The lowest BCUT2D eigenvalue weighted by Gasteiger charge is -2.18. The van der Waals surface area contributed by atoms with Gasteiger partial charge in [-0.05, 0) is 41.5 Å². The molecule has 0 bridgehead atoms. The maximum absolute atomic E-state index is 11.2. The summed E-state index contributed by atoms with van der Waals surface area (Å²) >= 11 is 5.98. The first-order valence-corrected chi connectivity index (χ1v) is 6.75. The van der Waals surface area contributed by atoms with Crippen LogP contribution in [-0.4, -0.2) is 19.0 Å². The number of fused-ring (bicyclic) bond motifs is 1. The minimum Gasteiger partial charge on any atom is -0.371 e. The van der Waals surface area contributed by atoms with Crippen LogP contribution in [-0.2, 0) is 4.79 Å². The van der Waals surface area contributed by atoms with Gasteiger partial charge in [0.25, 0.3) is 0 Å². The molecule has 0 spiro atoms. The summed E-state index contributed by atoms with van der Waals surface area (Å²) in [5.41, 5.74) is 6.50. The maximum Gasteiger partial charge on any atom is 0.222 e. The molecular weight excluding hydrogens is 260 g/mol. The van der Waals surface area contributed by atoms with Crippen molar-refractivity contribution in [1.82, 2.24) is 0 Å². The molecule has 1 saturated heterocycles. The predicted molar refractivity (Wildman–Crippen MR) is 78.5 cm³/mol. The molecule has 0 aromatic heterocycles. The van der Waals surface area contributed by atoms with E-state index in [9.17, 15) is 4.79 Å². The molecule has 1 atom stereocenters. The van der Waals surface area contributed by atoms with Crippen LogP contribution >= 0.6 is 11.6 Å². The van der Waals surface area contributed by atoms with Crippen LogP contribution in [0.15, 0.2) is 36.4 Å². The summed E-state index contributed by atoms with van der Waals surface area (Å²) in [6, 6.07) is 12.1. The van der Waals surface area contributed by atoms with Gasteiger partial charge in [0.1, 0.15) is 0 Å². The fraction of sp³-hybridized carbons (Fsp3) is 0.267. The van der Waals surface area contributed by atoms with Gasteiger partial charge in [0, 0.05) is 23.8 Å². The van der Waals surface area contributed by atoms with Crippen LogP contribution in [0, 0.1) is 5.92 Å². The van der Waals surface area contributed by atoms with E-state index in [1.165, 1.54) is 0 Å². The number of nitrogens with zero attached hydrogens (tertiary/aromatic N) is 1. The van der Waals surface area contributed by atoms with Gasteiger partial charge >= 0.3 is 0 Å². The van der Waals surface area contributed by atoms with Crippen molar-refractivity contribution in [2.24, 2.45) is 11.7 Å². The summed E-state index contributed by atoms with van der Waals surface area (Å²) in [7, 11) is 0. The van der Waals surface area contributed by atoms with Gasteiger partial charge in [0.15, 0.2) is 0 Å². The van der Waals surface area contributed by atoms with Crippen molar-refractivity contribution >= 4 is 34.0 Å². The molecule has 1 aliphatic rings. The van der Waals surface area contributed by atoms with E-state index < -0.39 is 0 Å². The molecule has 0 aliphatic carbocycles. The molecule has 0 saturated carbocycles. The normalized spacial score (nSPS) is 19.0. The van der Waals surface area contributed by atoms with Crippen molar-refractivity contribution in [1.29, 1.82) is 0 Å². The lowest BCUT2D eigenvalue weighted by atomic mass is 10.1. The van der Waals surface area contributed by atoms with Crippen LogP contribution < -0.4 is 10.6 Å². The molecule has 19 heavy (non-hydrogen) atoms. The molecule has 2 aromatic carbocycles. The summed E-state index contributed by atoms with van der Waals surface area (Å²) in [4.78, 5) is 13.4. The highest BCUT2D eigenvalue weighted by Gasteiger charge is 2.26. The molecule has 98 valence electrons. The van der Waals surface area contributed by atoms with Crippen molar-refractivity contribution in [2.45, 2.75) is 6.42 Å². The predicted octanol–water partition coefficient (Wildman–Crippen LogP) is 2.80. The van der Waals surface area contributed by atoms with Crippen LogP contribution in [0.25, 0.3) is 10.8 Å². The summed E-state index contributed by atoms with van der Waals surface area (Å²) in [6.07, 6.45) is 0.841. The largest absolute Gasteiger partial charge is 0.371 e. The fourth-order valence-electron chi connectivity index (χ4n) is 2.63. The van der Waals surface area contributed by atoms with Gasteiger partial charge in [-0.3, -0.25) is 4.79 Å². The van der Waals surface area contributed by atoms with E-state index in [0.29, 0.717) is 6.54 Å². The number of amides is 1. The highest BCUT2D eigenvalue weighted by molar-refractivity contribution is 6.31. The van der Waals surface area contributed by atoms with Crippen LogP contribution in [0.5, 0.6) is 0 Å². The molecule has 2 N–H and O–H groups in total. The molecule has 0 unspecified atom stereocenters. The van der Waals surface area contributed by atoms with Gasteiger partial charge in [-0.25, -0.2) is 0 Å². The minimum absolute atomic E-state index is 0.0269. The summed E-state index contributed by atoms with van der Waals surface area (Å²) in [6.45, 7) is 1.60. The number of rotatable bonds is 2. The number of carbonyl (C=O) groups excluding carboxylic acids is 1. The minimum atomic E-state index is -0.199. The van der Waals surface area contributed by atoms with Crippen molar-refractivity contribution in [3.8, 4) is 0 Å². The lowest BCUT2D eigenvalue weighted by Crippen LogP contribution is -2.27. The number of hydrogen-bond donors (Lipinski definition) is 1. The fourth-order valence-corrected chi connectivity index (χ4v) is 2.81. The van der Waals surface area contributed by atoms with Crippen LogP contribution in [0.2, 0.25) is 5.02 Å².